The van der Waals surface area contributed by atoms with E-state index in [1.54, 1.807) is 0 Å². The number of rotatable bonds is 0. The average Bonchev–Trinajstić information content (AvgIpc) is 2.14. The fourth-order valence-corrected chi connectivity index (χ4v) is 1.15. The first-order chi connectivity index (χ1) is 6.59. The molecule has 1 aromatic heterocycles. The maximum Gasteiger partial charge on any atom is 0.376 e. The minimum absolute atomic E-state index is 0.0416. The van der Waals surface area contributed by atoms with E-state index in [2.05, 4.69) is 4.42 Å². The van der Waals surface area contributed by atoms with E-state index < -0.39 is 17.2 Å². The molecule has 2 rings (SSSR count). The number of phenols is 1. The summed E-state index contributed by atoms with van der Waals surface area (Å²) in [4.78, 5) is 10.8. The normalized spacial score (nSPS) is 10.6. The highest BCUT2D eigenvalue weighted by molar-refractivity contribution is 5.83. The summed E-state index contributed by atoms with van der Waals surface area (Å²) in [5.74, 6) is -2.23. The summed E-state index contributed by atoms with van der Waals surface area (Å²) in [7, 11) is 0. The predicted octanol–water partition coefficient (Wildman–Crippen LogP) is 1.34. The molecule has 0 amide bonds. The number of aromatic hydroxyl groups is 2. The van der Waals surface area contributed by atoms with E-state index in [1.807, 2.05) is 0 Å². The summed E-state index contributed by atoms with van der Waals surface area (Å²) in [6, 6.07) is 3.63. The summed E-state index contributed by atoms with van der Waals surface area (Å²) < 4.78 is 17.3. The lowest BCUT2D eigenvalue weighted by molar-refractivity contribution is 0.404. The zero-order valence-electron chi connectivity index (χ0n) is 6.82. The molecule has 0 saturated carbocycles. The van der Waals surface area contributed by atoms with E-state index in [0.29, 0.717) is 0 Å². The molecule has 5 heteroatoms. The summed E-state index contributed by atoms with van der Waals surface area (Å²) in [6.07, 6.45) is 0. The van der Waals surface area contributed by atoms with Crippen LogP contribution in [0.4, 0.5) is 4.39 Å². The van der Waals surface area contributed by atoms with E-state index in [9.17, 15) is 14.3 Å². The first kappa shape index (κ1) is 8.55. The SMILES string of the molecule is O=c1oc2cc(O)ccc2c(O)c1F. The molecular weight excluding hydrogens is 191 g/mol. The number of fused-ring (bicyclic) bond motifs is 1. The molecular formula is C9H5FO4. The largest absolute Gasteiger partial charge is 0.508 e. The standard InChI is InChI=1S/C9H5FO4/c10-7-8(12)5-2-1-4(11)3-6(5)14-9(7)13/h1-3,11-12H. The summed E-state index contributed by atoms with van der Waals surface area (Å²) >= 11 is 0. The van der Waals surface area contributed by atoms with Gasteiger partial charge < -0.3 is 14.6 Å². The molecule has 0 unspecified atom stereocenters. The van der Waals surface area contributed by atoms with Crippen LogP contribution in [0.3, 0.4) is 0 Å². The van der Waals surface area contributed by atoms with Gasteiger partial charge in [0.2, 0.25) is 0 Å². The van der Waals surface area contributed by atoms with Crippen LogP contribution in [-0.2, 0) is 0 Å². The summed E-state index contributed by atoms with van der Waals surface area (Å²) in [5, 5.41) is 18.3. The van der Waals surface area contributed by atoms with Crippen molar-refractivity contribution in [2.45, 2.75) is 0 Å². The lowest BCUT2D eigenvalue weighted by Crippen LogP contribution is -2.04. The predicted molar refractivity (Wildman–Crippen MR) is 45.8 cm³/mol. The number of hydrogen-bond donors (Lipinski definition) is 2. The first-order valence-corrected chi connectivity index (χ1v) is 3.74. The van der Waals surface area contributed by atoms with Crippen molar-refractivity contribution in [3.05, 3.63) is 34.4 Å². The van der Waals surface area contributed by atoms with Crippen molar-refractivity contribution in [2.75, 3.05) is 0 Å². The number of halogens is 1. The van der Waals surface area contributed by atoms with Gasteiger partial charge in [0, 0.05) is 6.07 Å². The lowest BCUT2D eigenvalue weighted by atomic mass is 10.2. The van der Waals surface area contributed by atoms with E-state index >= 15 is 0 Å². The molecule has 0 bridgehead atoms. The van der Waals surface area contributed by atoms with Gasteiger partial charge in [0.05, 0.1) is 5.39 Å². The van der Waals surface area contributed by atoms with Crippen LogP contribution in [0, 0.1) is 5.82 Å². The van der Waals surface area contributed by atoms with Crippen molar-refractivity contribution in [3.8, 4) is 11.5 Å². The Kier molecular flexibility index (Phi) is 1.67. The van der Waals surface area contributed by atoms with Crippen LogP contribution in [0.15, 0.2) is 27.4 Å². The molecule has 72 valence electrons. The number of phenolic OH excluding ortho intramolecular Hbond substituents is 1. The Hall–Kier alpha value is -2.04. The molecule has 0 saturated heterocycles. The highest BCUT2D eigenvalue weighted by atomic mass is 19.1. The second-order valence-electron chi connectivity index (χ2n) is 2.73. The van der Waals surface area contributed by atoms with Gasteiger partial charge in [0.15, 0.2) is 5.75 Å². The molecule has 4 nitrogen and oxygen atoms in total. The fraction of sp³-hybridized carbons (Fsp3) is 0. The van der Waals surface area contributed by atoms with Gasteiger partial charge in [-0.2, -0.15) is 4.39 Å². The molecule has 2 aromatic rings. The van der Waals surface area contributed by atoms with E-state index in [-0.39, 0.29) is 16.7 Å². The van der Waals surface area contributed by atoms with Gasteiger partial charge in [-0.15, -0.1) is 0 Å². The molecule has 0 aliphatic rings. The van der Waals surface area contributed by atoms with Gasteiger partial charge in [-0.1, -0.05) is 0 Å². The van der Waals surface area contributed by atoms with Gasteiger partial charge >= 0.3 is 5.63 Å². The lowest BCUT2D eigenvalue weighted by Gasteiger charge is -2.00. The number of hydrogen-bond acceptors (Lipinski definition) is 4. The minimum atomic E-state index is -1.33. The zero-order chi connectivity index (χ0) is 10.3. The third-order valence-electron chi connectivity index (χ3n) is 1.81. The van der Waals surface area contributed by atoms with Gasteiger partial charge in [-0.3, -0.25) is 0 Å². The van der Waals surface area contributed by atoms with Crippen molar-refractivity contribution in [2.24, 2.45) is 0 Å². The van der Waals surface area contributed by atoms with E-state index in [0.717, 1.165) is 6.07 Å². The molecule has 0 spiro atoms. The Morgan fingerprint density at radius 3 is 2.71 bits per heavy atom. The van der Waals surface area contributed by atoms with Crippen LogP contribution in [-0.4, -0.2) is 10.2 Å². The van der Waals surface area contributed by atoms with Crippen molar-refractivity contribution < 1.29 is 19.0 Å². The third kappa shape index (κ3) is 1.10. The van der Waals surface area contributed by atoms with Crippen molar-refractivity contribution >= 4 is 11.0 Å². The van der Waals surface area contributed by atoms with Crippen molar-refractivity contribution in [1.82, 2.24) is 0 Å². The van der Waals surface area contributed by atoms with Crippen LogP contribution in [0.25, 0.3) is 11.0 Å². The minimum Gasteiger partial charge on any atom is -0.508 e. The van der Waals surface area contributed by atoms with Gasteiger partial charge in [0.25, 0.3) is 5.82 Å². The summed E-state index contributed by atoms with van der Waals surface area (Å²) in [5.41, 5.74) is -1.32. The Morgan fingerprint density at radius 1 is 1.29 bits per heavy atom. The first-order valence-electron chi connectivity index (χ1n) is 3.74. The third-order valence-corrected chi connectivity index (χ3v) is 1.81. The maximum absolute atomic E-state index is 12.8. The maximum atomic E-state index is 12.8. The molecule has 0 aliphatic heterocycles. The molecule has 14 heavy (non-hydrogen) atoms. The second-order valence-corrected chi connectivity index (χ2v) is 2.73. The quantitative estimate of drug-likeness (QED) is 0.624. The van der Waals surface area contributed by atoms with Crippen LogP contribution >= 0.6 is 0 Å². The Morgan fingerprint density at radius 2 is 2.00 bits per heavy atom. The van der Waals surface area contributed by atoms with Crippen LogP contribution < -0.4 is 5.63 Å². The van der Waals surface area contributed by atoms with Crippen molar-refractivity contribution in [1.29, 1.82) is 0 Å². The van der Waals surface area contributed by atoms with Crippen LogP contribution in [0.1, 0.15) is 0 Å². The Labute approximate surface area is 76.8 Å². The highest BCUT2D eigenvalue weighted by Crippen LogP contribution is 2.27. The van der Waals surface area contributed by atoms with Gasteiger partial charge in [-0.25, -0.2) is 4.79 Å². The fourth-order valence-electron chi connectivity index (χ4n) is 1.15. The molecule has 0 fully saturated rings. The second kappa shape index (κ2) is 2.73. The van der Waals surface area contributed by atoms with Gasteiger partial charge in [0.1, 0.15) is 11.3 Å². The highest BCUT2D eigenvalue weighted by Gasteiger charge is 2.13. The van der Waals surface area contributed by atoms with E-state index in [4.69, 9.17) is 5.11 Å². The van der Waals surface area contributed by atoms with Crippen molar-refractivity contribution in [3.63, 3.8) is 0 Å². The van der Waals surface area contributed by atoms with E-state index in [1.165, 1.54) is 12.1 Å². The zero-order valence-corrected chi connectivity index (χ0v) is 6.82. The van der Waals surface area contributed by atoms with Gasteiger partial charge in [-0.05, 0) is 12.1 Å². The average molecular weight is 196 g/mol. The molecule has 0 aliphatic carbocycles. The molecule has 1 aromatic carbocycles. The summed E-state index contributed by atoms with van der Waals surface area (Å²) in [6.45, 7) is 0. The topological polar surface area (TPSA) is 70.7 Å². The molecule has 1 heterocycles. The number of benzene rings is 1. The smallest absolute Gasteiger partial charge is 0.376 e. The Bertz CT molecular complexity index is 558. The Balaban J connectivity index is 2.98. The monoisotopic (exact) mass is 196 g/mol. The van der Waals surface area contributed by atoms with Crippen LogP contribution in [0.5, 0.6) is 11.5 Å². The molecule has 0 atom stereocenters. The van der Waals surface area contributed by atoms with Crippen LogP contribution in [0.2, 0.25) is 0 Å². The molecule has 2 N–H and O–H groups in total. The molecule has 0 radical (unpaired) electrons.